The van der Waals surface area contributed by atoms with Gasteiger partial charge in [-0.2, -0.15) is 0 Å². The molecular weight excluding hydrogens is 396 g/mol. The quantitative estimate of drug-likeness (QED) is 0.641. The van der Waals surface area contributed by atoms with Crippen LogP contribution in [0.4, 0.5) is 0 Å². The second-order valence-corrected chi connectivity index (χ2v) is 8.67. The number of benzene rings is 2. The fourth-order valence-electron chi connectivity index (χ4n) is 4.22. The maximum Gasteiger partial charge on any atom is 0.243 e. The monoisotopic (exact) mass is 426 g/mol. The Morgan fingerprint density at radius 1 is 1.10 bits per heavy atom. The number of hydrogen-bond donors (Lipinski definition) is 1. The van der Waals surface area contributed by atoms with Crippen molar-refractivity contribution in [1.82, 2.24) is 10.2 Å². The second kappa shape index (κ2) is 10.6. The van der Waals surface area contributed by atoms with Crippen molar-refractivity contribution in [3.63, 3.8) is 0 Å². The Bertz CT molecular complexity index is 877. The summed E-state index contributed by atoms with van der Waals surface area (Å²) in [6.07, 6.45) is 5.16. The van der Waals surface area contributed by atoms with Gasteiger partial charge in [0.1, 0.15) is 6.04 Å². The molecule has 2 aromatic carbocycles. The Hall–Kier alpha value is -2.33. The maximum absolute atomic E-state index is 13.4. The molecule has 1 N–H and O–H groups in total. The first-order valence-corrected chi connectivity index (χ1v) is 11.2. The molecule has 0 spiro atoms. The fraction of sp³-hybridized carbons (Fsp3) is 0.440. The molecule has 1 fully saturated rings. The number of amides is 2. The van der Waals surface area contributed by atoms with E-state index >= 15 is 0 Å². The third-order valence-electron chi connectivity index (χ3n) is 5.77. The second-order valence-electron chi connectivity index (χ2n) is 8.23. The van der Waals surface area contributed by atoms with Crippen LogP contribution in [0.2, 0.25) is 5.02 Å². The minimum absolute atomic E-state index is 0.0449. The highest BCUT2D eigenvalue weighted by molar-refractivity contribution is 6.30. The molecule has 2 amide bonds. The molecule has 5 heteroatoms. The van der Waals surface area contributed by atoms with Crippen LogP contribution in [0.3, 0.4) is 0 Å². The van der Waals surface area contributed by atoms with E-state index in [0.29, 0.717) is 18.0 Å². The zero-order valence-corrected chi connectivity index (χ0v) is 18.6. The third-order valence-corrected chi connectivity index (χ3v) is 6.00. The summed E-state index contributed by atoms with van der Waals surface area (Å²) < 4.78 is 0. The van der Waals surface area contributed by atoms with E-state index in [0.717, 1.165) is 42.4 Å². The Morgan fingerprint density at radius 3 is 2.47 bits per heavy atom. The summed E-state index contributed by atoms with van der Waals surface area (Å²) in [7, 11) is 0. The topological polar surface area (TPSA) is 49.4 Å². The molecule has 0 aliphatic heterocycles. The van der Waals surface area contributed by atoms with Crippen LogP contribution < -0.4 is 5.32 Å². The van der Waals surface area contributed by atoms with Crippen LogP contribution in [0.15, 0.2) is 48.5 Å². The number of halogens is 1. The molecule has 2 aromatic rings. The van der Waals surface area contributed by atoms with Crippen molar-refractivity contribution in [2.45, 2.75) is 71.0 Å². The van der Waals surface area contributed by atoms with E-state index in [1.807, 2.05) is 50.2 Å². The predicted octanol–water partition coefficient (Wildman–Crippen LogP) is 5.06. The smallest absolute Gasteiger partial charge is 0.243 e. The molecular formula is C25H31ClN2O2. The van der Waals surface area contributed by atoms with Gasteiger partial charge in [-0.3, -0.25) is 9.59 Å². The van der Waals surface area contributed by atoms with Gasteiger partial charge in [-0.05, 0) is 49.4 Å². The molecule has 0 radical (unpaired) electrons. The first kappa shape index (κ1) is 22.4. The molecule has 30 heavy (non-hydrogen) atoms. The van der Waals surface area contributed by atoms with Gasteiger partial charge in [0.15, 0.2) is 0 Å². The minimum atomic E-state index is -0.488. The Kier molecular flexibility index (Phi) is 7.92. The number of aryl methyl sites for hydroxylation is 1. The summed E-state index contributed by atoms with van der Waals surface area (Å²) in [6.45, 7) is 4.41. The molecule has 4 nitrogen and oxygen atoms in total. The van der Waals surface area contributed by atoms with Crippen LogP contribution in [-0.2, 0) is 22.6 Å². The number of nitrogens with zero attached hydrogens (tertiary/aromatic N) is 1. The lowest BCUT2D eigenvalue weighted by atomic mass is 10.1. The molecule has 1 aliphatic rings. The average molecular weight is 427 g/mol. The molecule has 0 heterocycles. The SMILES string of the molecule is CC[C@@H](C(=O)NC1CCCC1)N(Cc1cccc(C)c1)C(=O)Cc1cccc(Cl)c1. The largest absolute Gasteiger partial charge is 0.352 e. The summed E-state index contributed by atoms with van der Waals surface area (Å²) in [4.78, 5) is 28.2. The lowest BCUT2D eigenvalue weighted by Gasteiger charge is -2.31. The highest BCUT2D eigenvalue weighted by Crippen LogP contribution is 2.20. The summed E-state index contributed by atoms with van der Waals surface area (Å²) in [5.74, 6) is -0.108. The van der Waals surface area contributed by atoms with Crippen LogP contribution in [0.1, 0.15) is 55.7 Å². The number of carbonyl (C=O) groups is 2. The van der Waals surface area contributed by atoms with Gasteiger partial charge in [0.2, 0.25) is 11.8 Å². The molecule has 0 aromatic heterocycles. The van der Waals surface area contributed by atoms with Crippen LogP contribution >= 0.6 is 11.6 Å². The van der Waals surface area contributed by atoms with Crippen LogP contribution in [0.25, 0.3) is 0 Å². The maximum atomic E-state index is 13.4. The van der Waals surface area contributed by atoms with Crippen molar-refractivity contribution in [3.8, 4) is 0 Å². The Balaban J connectivity index is 1.82. The number of hydrogen-bond acceptors (Lipinski definition) is 2. The highest BCUT2D eigenvalue weighted by Gasteiger charge is 2.30. The van der Waals surface area contributed by atoms with E-state index in [-0.39, 0.29) is 24.3 Å². The summed E-state index contributed by atoms with van der Waals surface area (Å²) in [6, 6.07) is 15.2. The van der Waals surface area contributed by atoms with Crippen molar-refractivity contribution in [3.05, 3.63) is 70.2 Å². The lowest BCUT2D eigenvalue weighted by Crippen LogP contribution is -2.51. The number of nitrogens with one attached hydrogen (secondary N) is 1. The summed E-state index contributed by atoms with van der Waals surface area (Å²) >= 11 is 6.10. The number of carbonyl (C=O) groups excluding carboxylic acids is 2. The summed E-state index contributed by atoms with van der Waals surface area (Å²) in [5.41, 5.74) is 3.02. The van der Waals surface area contributed by atoms with E-state index in [4.69, 9.17) is 11.6 Å². The van der Waals surface area contributed by atoms with E-state index in [1.54, 1.807) is 11.0 Å². The van der Waals surface area contributed by atoms with Crippen molar-refractivity contribution in [1.29, 1.82) is 0 Å². The zero-order valence-electron chi connectivity index (χ0n) is 17.9. The molecule has 0 bridgehead atoms. The van der Waals surface area contributed by atoms with Gasteiger partial charge in [0.05, 0.1) is 6.42 Å². The van der Waals surface area contributed by atoms with Gasteiger partial charge in [0, 0.05) is 17.6 Å². The van der Waals surface area contributed by atoms with Gasteiger partial charge >= 0.3 is 0 Å². The zero-order chi connectivity index (χ0) is 21.5. The predicted molar refractivity (Wildman–Crippen MR) is 121 cm³/mol. The van der Waals surface area contributed by atoms with Crippen molar-refractivity contribution in [2.24, 2.45) is 0 Å². The van der Waals surface area contributed by atoms with E-state index in [9.17, 15) is 9.59 Å². The lowest BCUT2D eigenvalue weighted by molar-refractivity contribution is -0.141. The number of rotatable bonds is 8. The molecule has 3 rings (SSSR count). The fourth-order valence-corrected chi connectivity index (χ4v) is 4.43. The van der Waals surface area contributed by atoms with E-state index in [2.05, 4.69) is 11.4 Å². The molecule has 1 aliphatic carbocycles. The Morgan fingerprint density at radius 2 is 1.80 bits per heavy atom. The molecule has 1 atom stereocenters. The molecule has 1 saturated carbocycles. The molecule has 0 unspecified atom stereocenters. The van der Waals surface area contributed by atoms with Crippen LogP contribution in [0, 0.1) is 6.92 Å². The standard InChI is InChI=1S/C25H31ClN2O2/c1-3-23(25(30)27-22-12-4-5-13-22)28(17-20-10-6-8-18(2)14-20)24(29)16-19-9-7-11-21(26)15-19/h6-11,14-15,22-23H,3-5,12-13,16-17H2,1-2H3,(H,27,30)/t23-/m0/s1. The van der Waals surface area contributed by atoms with Crippen LogP contribution in [0.5, 0.6) is 0 Å². The van der Waals surface area contributed by atoms with Gasteiger partial charge in [-0.1, -0.05) is 73.3 Å². The van der Waals surface area contributed by atoms with Gasteiger partial charge in [-0.25, -0.2) is 0 Å². The van der Waals surface area contributed by atoms with Crippen molar-refractivity contribution < 1.29 is 9.59 Å². The normalized spacial score (nSPS) is 15.0. The third kappa shape index (κ3) is 6.09. The summed E-state index contributed by atoms with van der Waals surface area (Å²) in [5, 5.41) is 3.79. The van der Waals surface area contributed by atoms with Gasteiger partial charge < -0.3 is 10.2 Å². The first-order chi connectivity index (χ1) is 14.5. The van der Waals surface area contributed by atoms with Crippen molar-refractivity contribution >= 4 is 23.4 Å². The van der Waals surface area contributed by atoms with E-state index < -0.39 is 6.04 Å². The molecule has 0 saturated heterocycles. The van der Waals surface area contributed by atoms with Gasteiger partial charge in [-0.15, -0.1) is 0 Å². The minimum Gasteiger partial charge on any atom is -0.352 e. The van der Waals surface area contributed by atoms with Gasteiger partial charge in [0.25, 0.3) is 0 Å². The first-order valence-electron chi connectivity index (χ1n) is 10.9. The van der Waals surface area contributed by atoms with Crippen molar-refractivity contribution in [2.75, 3.05) is 0 Å². The molecule has 160 valence electrons. The Labute approximate surface area is 184 Å². The average Bonchev–Trinajstić information content (AvgIpc) is 3.21. The van der Waals surface area contributed by atoms with E-state index in [1.165, 1.54) is 0 Å². The van der Waals surface area contributed by atoms with Crippen LogP contribution in [-0.4, -0.2) is 28.8 Å². The highest BCUT2D eigenvalue weighted by atomic mass is 35.5.